The summed E-state index contributed by atoms with van der Waals surface area (Å²) in [5.74, 6) is 0. The van der Waals surface area contributed by atoms with E-state index in [0.717, 1.165) is 48.8 Å². The lowest BCUT2D eigenvalue weighted by Gasteiger charge is -2.35. The molecule has 0 atom stereocenters. The number of benzene rings is 2. The molecule has 1 heterocycles. The number of hydrogen-bond donors (Lipinski definition) is 3. The van der Waals surface area contributed by atoms with Gasteiger partial charge in [-0.25, -0.2) is 5.01 Å². The SMILES string of the molecule is C=C1C(N(CNCCNCC)Cc2ccccc2)=C(NC)C=NN1COCc1ccccc1.COC(C)(C)C.O. The van der Waals surface area contributed by atoms with Gasteiger partial charge in [-0.2, -0.15) is 5.10 Å². The monoisotopic (exact) mass is 554 g/mol. The summed E-state index contributed by atoms with van der Waals surface area (Å²) in [7, 11) is 3.62. The van der Waals surface area contributed by atoms with Gasteiger partial charge in [0.15, 0.2) is 0 Å². The summed E-state index contributed by atoms with van der Waals surface area (Å²) in [6.45, 7) is 17.6. The molecule has 9 heteroatoms. The molecule has 1 aliphatic heterocycles. The Morgan fingerprint density at radius 3 is 2.08 bits per heavy atom. The van der Waals surface area contributed by atoms with E-state index in [1.807, 2.05) is 63.3 Å². The number of methoxy groups -OCH3 is 1. The smallest absolute Gasteiger partial charge is 0.140 e. The van der Waals surface area contributed by atoms with Crippen LogP contribution in [-0.4, -0.2) is 74.4 Å². The Hall–Kier alpha value is -3.21. The fourth-order valence-corrected chi connectivity index (χ4v) is 3.59. The zero-order chi connectivity index (χ0) is 28.5. The predicted octanol–water partition coefficient (Wildman–Crippen LogP) is 3.67. The minimum Gasteiger partial charge on any atom is -0.412 e. The van der Waals surface area contributed by atoms with Crippen LogP contribution in [0.15, 0.2) is 89.4 Å². The van der Waals surface area contributed by atoms with Gasteiger partial charge in [0.25, 0.3) is 0 Å². The second-order valence-electron chi connectivity index (χ2n) is 10.1. The highest BCUT2D eigenvalue weighted by Gasteiger charge is 2.24. The van der Waals surface area contributed by atoms with E-state index in [-0.39, 0.29) is 11.1 Å². The second kappa shape index (κ2) is 19.0. The molecule has 2 aromatic rings. The number of hydrazone groups is 1. The molecule has 0 spiro atoms. The number of nitrogens with one attached hydrogen (secondary N) is 3. The van der Waals surface area contributed by atoms with Crippen molar-refractivity contribution < 1.29 is 14.9 Å². The third-order valence-corrected chi connectivity index (χ3v) is 5.94. The van der Waals surface area contributed by atoms with Gasteiger partial charge in [-0.3, -0.25) is 5.32 Å². The lowest BCUT2D eigenvalue weighted by atomic mass is 10.1. The zero-order valence-corrected chi connectivity index (χ0v) is 25.2. The third-order valence-electron chi connectivity index (χ3n) is 5.94. The molecule has 0 amide bonds. The molecule has 222 valence electrons. The number of nitrogens with zero attached hydrogens (tertiary/aromatic N) is 3. The van der Waals surface area contributed by atoms with Crippen LogP contribution in [0.1, 0.15) is 38.8 Å². The van der Waals surface area contributed by atoms with Crippen molar-refractivity contribution in [1.29, 1.82) is 0 Å². The molecule has 40 heavy (non-hydrogen) atoms. The lowest BCUT2D eigenvalue weighted by molar-refractivity contribution is 0.0364. The van der Waals surface area contributed by atoms with Crippen LogP contribution in [0.25, 0.3) is 0 Å². The maximum Gasteiger partial charge on any atom is 0.140 e. The van der Waals surface area contributed by atoms with Gasteiger partial charge in [-0.15, -0.1) is 0 Å². The highest BCUT2D eigenvalue weighted by atomic mass is 16.5. The summed E-state index contributed by atoms with van der Waals surface area (Å²) < 4.78 is 10.9. The van der Waals surface area contributed by atoms with Crippen molar-refractivity contribution in [2.45, 2.75) is 46.4 Å². The zero-order valence-electron chi connectivity index (χ0n) is 25.2. The molecule has 0 aliphatic carbocycles. The van der Waals surface area contributed by atoms with E-state index in [9.17, 15) is 0 Å². The van der Waals surface area contributed by atoms with Crippen LogP contribution >= 0.6 is 0 Å². The van der Waals surface area contributed by atoms with E-state index in [1.54, 1.807) is 7.11 Å². The largest absolute Gasteiger partial charge is 0.412 e. The first-order valence-corrected chi connectivity index (χ1v) is 13.6. The number of allylic oxidation sites excluding steroid dienone is 1. The molecule has 0 unspecified atom stereocenters. The summed E-state index contributed by atoms with van der Waals surface area (Å²) in [4.78, 5) is 2.30. The van der Waals surface area contributed by atoms with Gasteiger partial charge in [0.1, 0.15) is 6.73 Å². The van der Waals surface area contributed by atoms with E-state index in [4.69, 9.17) is 9.47 Å². The molecule has 5 N–H and O–H groups in total. The van der Waals surface area contributed by atoms with Crippen molar-refractivity contribution in [3.05, 3.63) is 95.5 Å². The lowest BCUT2D eigenvalue weighted by Crippen LogP contribution is -2.41. The van der Waals surface area contributed by atoms with E-state index >= 15 is 0 Å². The van der Waals surface area contributed by atoms with E-state index in [0.29, 0.717) is 20.0 Å². The molecule has 0 radical (unpaired) electrons. The first-order chi connectivity index (χ1) is 18.8. The normalized spacial score (nSPS) is 12.9. The summed E-state index contributed by atoms with van der Waals surface area (Å²) in [5, 5.41) is 16.6. The molecule has 0 saturated carbocycles. The van der Waals surface area contributed by atoms with Gasteiger partial charge in [0.2, 0.25) is 0 Å². The topological polar surface area (TPSA) is 105 Å². The van der Waals surface area contributed by atoms with Gasteiger partial charge in [0.05, 0.1) is 42.2 Å². The standard InChI is InChI=1S/C26H36N6O.C5H12O.H2O/c1-4-28-15-16-29-20-31(18-23-11-7-5-8-12-23)26-22(2)32(30-17-25(26)27-3)21-33-19-24-13-9-6-10-14-24;1-5(2,3)6-4;/h5-14,17,27-29H,2,4,15-16,18-21H2,1,3H3;1-4H3;1H2. The average Bonchev–Trinajstić information content (AvgIpc) is 2.94. The van der Waals surface area contributed by atoms with Crippen LogP contribution in [0.4, 0.5) is 0 Å². The minimum atomic E-state index is 0. The van der Waals surface area contributed by atoms with Gasteiger partial charge >= 0.3 is 0 Å². The Labute approximate surface area is 241 Å². The number of rotatable bonds is 14. The Morgan fingerprint density at radius 1 is 0.950 bits per heavy atom. The third kappa shape index (κ3) is 12.8. The average molecular weight is 555 g/mol. The first kappa shape index (κ1) is 34.8. The van der Waals surface area contributed by atoms with Gasteiger partial charge < -0.3 is 30.5 Å². The van der Waals surface area contributed by atoms with Gasteiger partial charge in [-0.05, 0) is 38.4 Å². The molecule has 1 aliphatic rings. The van der Waals surface area contributed by atoms with Crippen molar-refractivity contribution in [1.82, 2.24) is 25.9 Å². The van der Waals surface area contributed by atoms with Crippen LogP contribution in [0.2, 0.25) is 0 Å². The van der Waals surface area contributed by atoms with Gasteiger partial charge in [-0.1, -0.05) is 74.2 Å². The van der Waals surface area contributed by atoms with Crippen molar-refractivity contribution in [3.63, 3.8) is 0 Å². The second-order valence-corrected chi connectivity index (χ2v) is 10.1. The van der Waals surface area contributed by atoms with Gasteiger partial charge in [0, 0.05) is 33.8 Å². The molecule has 0 bridgehead atoms. The molecule has 0 saturated heterocycles. The Kier molecular flexibility index (Phi) is 16.5. The molecule has 2 aromatic carbocycles. The van der Waals surface area contributed by atoms with E-state index < -0.39 is 0 Å². The Balaban J connectivity index is 0.00000103. The summed E-state index contributed by atoms with van der Waals surface area (Å²) in [6, 6.07) is 20.6. The van der Waals surface area contributed by atoms with Crippen molar-refractivity contribution in [3.8, 4) is 0 Å². The quantitative estimate of drug-likeness (QED) is 0.242. The maximum atomic E-state index is 5.94. The highest BCUT2D eigenvalue weighted by Crippen LogP contribution is 2.25. The summed E-state index contributed by atoms with van der Waals surface area (Å²) in [6.07, 6.45) is 1.84. The van der Waals surface area contributed by atoms with Crippen LogP contribution in [0, 0.1) is 0 Å². The van der Waals surface area contributed by atoms with Crippen LogP contribution in [0.3, 0.4) is 0 Å². The fourth-order valence-electron chi connectivity index (χ4n) is 3.59. The van der Waals surface area contributed by atoms with Crippen LogP contribution in [0.5, 0.6) is 0 Å². The van der Waals surface area contributed by atoms with E-state index in [1.165, 1.54) is 5.56 Å². The minimum absolute atomic E-state index is 0. The first-order valence-electron chi connectivity index (χ1n) is 13.6. The molecule has 0 fully saturated rings. The fraction of sp³-hybridized carbons (Fsp3) is 0.452. The Bertz CT molecular complexity index is 1020. The number of ether oxygens (including phenoxy) is 2. The Morgan fingerprint density at radius 2 is 1.52 bits per heavy atom. The van der Waals surface area contributed by atoms with E-state index in [2.05, 4.69) is 75.9 Å². The number of likely N-dealkylation sites (N-methyl/N-ethyl adjacent to an activating group) is 1. The predicted molar refractivity (Wildman–Crippen MR) is 165 cm³/mol. The summed E-state index contributed by atoms with van der Waals surface area (Å²) in [5.41, 5.74) is 5.15. The van der Waals surface area contributed by atoms with Crippen molar-refractivity contribution in [2.75, 3.05) is 47.2 Å². The molecular weight excluding hydrogens is 504 g/mol. The molecular formula is C31H50N6O3. The van der Waals surface area contributed by atoms with Crippen LogP contribution in [-0.2, 0) is 22.6 Å². The van der Waals surface area contributed by atoms with Crippen LogP contribution < -0.4 is 16.0 Å². The summed E-state index contributed by atoms with van der Waals surface area (Å²) >= 11 is 0. The molecule has 9 nitrogen and oxygen atoms in total. The molecule has 3 rings (SSSR count). The van der Waals surface area contributed by atoms with Crippen molar-refractivity contribution in [2.24, 2.45) is 5.10 Å². The highest BCUT2D eigenvalue weighted by molar-refractivity contribution is 5.81. The number of hydrogen-bond acceptors (Lipinski definition) is 8. The molecule has 0 aromatic heterocycles. The van der Waals surface area contributed by atoms with Crippen molar-refractivity contribution >= 4 is 6.21 Å². The maximum absolute atomic E-state index is 5.94.